The van der Waals surface area contributed by atoms with Gasteiger partial charge < -0.3 is 15.1 Å². The van der Waals surface area contributed by atoms with Crippen LogP contribution in [0.5, 0.6) is 0 Å². The first kappa shape index (κ1) is 19.1. The van der Waals surface area contributed by atoms with Gasteiger partial charge in [-0.25, -0.2) is 14.8 Å². The Morgan fingerprint density at radius 1 is 1.22 bits per heavy atom. The molecule has 2 aromatic rings. The van der Waals surface area contributed by atoms with Gasteiger partial charge in [0.2, 0.25) is 0 Å². The lowest BCUT2D eigenvalue weighted by molar-refractivity contribution is 0.194. The first-order valence-corrected chi connectivity index (χ1v) is 9.63. The Labute approximate surface area is 160 Å². The molecule has 2 aromatic heterocycles. The van der Waals surface area contributed by atoms with E-state index in [0.29, 0.717) is 25.6 Å². The Kier molecular flexibility index (Phi) is 6.26. The van der Waals surface area contributed by atoms with Crippen molar-refractivity contribution in [3.8, 4) is 0 Å². The predicted octanol–water partition coefficient (Wildman–Crippen LogP) is 2.03. The van der Waals surface area contributed by atoms with E-state index in [0.717, 1.165) is 43.4 Å². The van der Waals surface area contributed by atoms with Crippen LogP contribution in [-0.4, -0.2) is 63.4 Å². The molecule has 8 nitrogen and oxygen atoms in total. The maximum Gasteiger partial charge on any atom is 0.317 e. The van der Waals surface area contributed by atoms with E-state index in [1.807, 2.05) is 34.8 Å². The summed E-state index contributed by atoms with van der Waals surface area (Å²) in [7, 11) is 0. The lowest BCUT2D eigenvalue weighted by Crippen LogP contribution is -2.52. The molecule has 1 N–H and O–H groups in total. The van der Waals surface area contributed by atoms with Crippen LogP contribution in [0.1, 0.15) is 37.7 Å². The van der Waals surface area contributed by atoms with Crippen LogP contribution < -0.4 is 10.2 Å². The molecular formula is C19H29N7O. The molecule has 0 saturated carbocycles. The van der Waals surface area contributed by atoms with Gasteiger partial charge in [0, 0.05) is 69.3 Å². The lowest BCUT2D eigenvalue weighted by Gasteiger charge is -2.35. The van der Waals surface area contributed by atoms with Gasteiger partial charge >= 0.3 is 6.03 Å². The number of nitrogens with zero attached hydrogens (tertiary/aromatic N) is 6. The van der Waals surface area contributed by atoms with Crippen molar-refractivity contribution in [1.29, 1.82) is 0 Å². The number of hydrogen-bond acceptors (Lipinski definition) is 5. The van der Waals surface area contributed by atoms with Gasteiger partial charge in [0.25, 0.3) is 0 Å². The number of nitrogens with one attached hydrogen (secondary N) is 1. The number of amides is 2. The third-order valence-electron chi connectivity index (χ3n) is 4.66. The molecule has 1 aliphatic rings. The topological polar surface area (TPSA) is 79.2 Å². The molecule has 0 unspecified atom stereocenters. The summed E-state index contributed by atoms with van der Waals surface area (Å²) in [5.41, 5.74) is 0.987. The highest BCUT2D eigenvalue weighted by Gasteiger charge is 2.22. The zero-order valence-electron chi connectivity index (χ0n) is 16.4. The number of urea groups is 1. The summed E-state index contributed by atoms with van der Waals surface area (Å²) >= 11 is 0. The van der Waals surface area contributed by atoms with Crippen LogP contribution >= 0.6 is 0 Å². The standard InChI is InChI=1S/C19H29N7O/c1-15(2)18-22-16(3)14-17(23-18)24-10-12-25(13-11-24)19(27)20-6-4-8-26-9-5-7-21-26/h5,7,9,14-15H,4,6,8,10-13H2,1-3H3,(H,20,27). The number of carbonyl (C=O) groups is 1. The highest BCUT2D eigenvalue weighted by Crippen LogP contribution is 2.18. The molecule has 0 aliphatic carbocycles. The highest BCUT2D eigenvalue weighted by atomic mass is 16.2. The van der Waals surface area contributed by atoms with Gasteiger partial charge in [-0.1, -0.05) is 13.8 Å². The molecule has 0 atom stereocenters. The lowest BCUT2D eigenvalue weighted by atomic mass is 10.2. The maximum absolute atomic E-state index is 12.3. The molecule has 8 heteroatoms. The van der Waals surface area contributed by atoms with E-state index in [1.165, 1.54) is 0 Å². The molecule has 0 aromatic carbocycles. The van der Waals surface area contributed by atoms with E-state index in [1.54, 1.807) is 6.20 Å². The minimum atomic E-state index is 0.0110. The summed E-state index contributed by atoms with van der Waals surface area (Å²) in [6.07, 6.45) is 4.56. The SMILES string of the molecule is Cc1cc(N2CCN(C(=O)NCCCn3cccn3)CC2)nc(C(C)C)n1. The molecule has 0 bridgehead atoms. The fourth-order valence-corrected chi connectivity index (χ4v) is 3.11. The summed E-state index contributed by atoms with van der Waals surface area (Å²) in [5, 5.41) is 7.16. The summed E-state index contributed by atoms with van der Waals surface area (Å²) in [4.78, 5) is 25.7. The van der Waals surface area contributed by atoms with Crippen molar-refractivity contribution in [3.63, 3.8) is 0 Å². The van der Waals surface area contributed by atoms with Gasteiger partial charge in [-0.3, -0.25) is 4.68 Å². The monoisotopic (exact) mass is 371 g/mol. The van der Waals surface area contributed by atoms with Gasteiger partial charge in [0.15, 0.2) is 0 Å². The first-order valence-electron chi connectivity index (χ1n) is 9.63. The van der Waals surface area contributed by atoms with Crippen molar-refractivity contribution in [1.82, 2.24) is 30.0 Å². The van der Waals surface area contributed by atoms with Crippen molar-refractivity contribution in [2.24, 2.45) is 0 Å². The third-order valence-corrected chi connectivity index (χ3v) is 4.66. The van der Waals surface area contributed by atoms with Gasteiger partial charge in [0.1, 0.15) is 11.6 Å². The van der Waals surface area contributed by atoms with E-state index >= 15 is 0 Å². The molecule has 0 spiro atoms. The van der Waals surface area contributed by atoms with Crippen molar-refractivity contribution in [2.75, 3.05) is 37.6 Å². The van der Waals surface area contributed by atoms with E-state index in [-0.39, 0.29) is 6.03 Å². The number of aryl methyl sites for hydroxylation is 2. The third kappa shape index (κ3) is 5.18. The zero-order chi connectivity index (χ0) is 19.2. The van der Waals surface area contributed by atoms with Crippen molar-refractivity contribution < 1.29 is 4.79 Å². The summed E-state index contributed by atoms with van der Waals surface area (Å²) in [6, 6.07) is 3.94. The molecule has 146 valence electrons. The van der Waals surface area contributed by atoms with E-state index < -0.39 is 0 Å². The number of anilines is 1. The Morgan fingerprint density at radius 3 is 2.67 bits per heavy atom. The quantitative estimate of drug-likeness (QED) is 0.786. The second kappa shape index (κ2) is 8.83. The minimum Gasteiger partial charge on any atom is -0.353 e. The molecule has 0 radical (unpaired) electrons. The van der Waals surface area contributed by atoms with Gasteiger partial charge in [-0.15, -0.1) is 0 Å². The van der Waals surface area contributed by atoms with E-state index in [4.69, 9.17) is 4.98 Å². The number of aromatic nitrogens is 4. The van der Waals surface area contributed by atoms with Crippen LogP contribution in [0, 0.1) is 6.92 Å². The Morgan fingerprint density at radius 2 is 2.00 bits per heavy atom. The molecular weight excluding hydrogens is 342 g/mol. The van der Waals surface area contributed by atoms with E-state index in [2.05, 4.69) is 34.1 Å². The second-order valence-corrected chi connectivity index (χ2v) is 7.21. The maximum atomic E-state index is 12.3. The van der Waals surface area contributed by atoms with Crippen LogP contribution in [0.2, 0.25) is 0 Å². The molecule has 1 fully saturated rings. The molecule has 27 heavy (non-hydrogen) atoms. The smallest absolute Gasteiger partial charge is 0.317 e. The summed E-state index contributed by atoms with van der Waals surface area (Å²) in [6.45, 7) is 10.7. The molecule has 1 aliphatic heterocycles. The van der Waals surface area contributed by atoms with Crippen LogP contribution in [0.3, 0.4) is 0 Å². The minimum absolute atomic E-state index is 0.0110. The molecule has 3 rings (SSSR count). The predicted molar refractivity (Wildman–Crippen MR) is 105 cm³/mol. The number of rotatable bonds is 6. The fraction of sp³-hybridized carbons (Fsp3) is 0.579. The average molecular weight is 371 g/mol. The largest absolute Gasteiger partial charge is 0.353 e. The zero-order valence-corrected chi connectivity index (χ0v) is 16.4. The van der Waals surface area contributed by atoms with Crippen LogP contribution in [0.15, 0.2) is 24.5 Å². The van der Waals surface area contributed by atoms with Gasteiger partial charge in [-0.05, 0) is 19.4 Å². The van der Waals surface area contributed by atoms with Crippen molar-refractivity contribution >= 4 is 11.8 Å². The second-order valence-electron chi connectivity index (χ2n) is 7.21. The Bertz CT molecular complexity index is 737. The highest BCUT2D eigenvalue weighted by molar-refractivity contribution is 5.74. The normalized spacial score (nSPS) is 14.7. The van der Waals surface area contributed by atoms with Gasteiger partial charge in [-0.2, -0.15) is 5.10 Å². The Balaban J connectivity index is 1.45. The fourth-order valence-electron chi connectivity index (χ4n) is 3.11. The number of piperazine rings is 1. The van der Waals surface area contributed by atoms with Crippen LogP contribution in [0.25, 0.3) is 0 Å². The van der Waals surface area contributed by atoms with Crippen LogP contribution in [0.4, 0.5) is 10.6 Å². The molecule has 2 amide bonds. The van der Waals surface area contributed by atoms with Gasteiger partial charge in [0.05, 0.1) is 0 Å². The van der Waals surface area contributed by atoms with Crippen molar-refractivity contribution in [2.45, 2.75) is 39.7 Å². The Hall–Kier alpha value is -2.64. The molecule has 1 saturated heterocycles. The number of hydrogen-bond donors (Lipinski definition) is 1. The molecule has 3 heterocycles. The first-order chi connectivity index (χ1) is 13.0. The van der Waals surface area contributed by atoms with E-state index in [9.17, 15) is 4.79 Å². The average Bonchev–Trinajstić information content (AvgIpc) is 3.18. The van der Waals surface area contributed by atoms with Crippen molar-refractivity contribution in [3.05, 3.63) is 36.0 Å². The summed E-state index contributed by atoms with van der Waals surface area (Å²) in [5.74, 6) is 2.14. The van der Waals surface area contributed by atoms with Crippen LogP contribution in [-0.2, 0) is 6.54 Å². The summed E-state index contributed by atoms with van der Waals surface area (Å²) < 4.78 is 1.88. The number of carbonyl (C=O) groups excluding carboxylic acids is 1.